The molecule has 2 aliphatic carbocycles. The van der Waals surface area contributed by atoms with Crippen molar-refractivity contribution < 1.29 is 9.31 Å². The van der Waals surface area contributed by atoms with E-state index in [-0.39, 0.29) is 5.69 Å². The Morgan fingerprint density at radius 2 is 1.90 bits per heavy atom. The van der Waals surface area contributed by atoms with E-state index >= 15 is 0 Å². The SMILES string of the molecule is O=[N+]([O-])c1cc(F)cc(CNCC(C2CC2)C2CC2)c1. The van der Waals surface area contributed by atoms with Crippen LogP contribution >= 0.6 is 0 Å². The molecule has 0 atom stereocenters. The van der Waals surface area contributed by atoms with Gasteiger partial charge in [-0.05, 0) is 61.6 Å². The molecule has 0 spiro atoms. The first-order chi connectivity index (χ1) is 9.63. The van der Waals surface area contributed by atoms with Gasteiger partial charge in [0.1, 0.15) is 5.82 Å². The van der Waals surface area contributed by atoms with Gasteiger partial charge in [0.25, 0.3) is 5.69 Å². The third-order valence-electron chi connectivity index (χ3n) is 4.32. The van der Waals surface area contributed by atoms with E-state index in [1.54, 1.807) is 0 Å². The molecule has 1 N–H and O–H groups in total. The molecule has 0 saturated heterocycles. The molecule has 0 aliphatic heterocycles. The van der Waals surface area contributed by atoms with Crippen molar-refractivity contribution in [3.05, 3.63) is 39.7 Å². The van der Waals surface area contributed by atoms with Gasteiger partial charge in [-0.2, -0.15) is 0 Å². The molecular weight excluding hydrogens is 259 g/mol. The summed E-state index contributed by atoms with van der Waals surface area (Å²) in [6.07, 6.45) is 5.37. The lowest BCUT2D eigenvalue weighted by Crippen LogP contribution is -2.25. The van der Waals surface area contributed by atoms with E-state index in [1.807, 2.05) is 0 Å². The van der Waals surface area contributed by atoms with E-state index in [4.69, 9.17) is 0 Å². The second kappa shape index (κ2) is 5.48. The number of nitrogens with one attached hydrogen (secondary N) is 1. The first kappa shape index (κ1) is 13.5. The Morgan fingerprint density at radius 3 is 2.45 bits per heavy atom. The van der Waals surface area contributed by atoms with E-state index in [1.165, 1.54) is 37.8 Å². The molecule has 0 aromatic heterocycles. The van der Waals surface area contributed by atoms with Crippen LogP contribution in [0.2, 0.25) is 0 Å². The highest BCUT2D eigenvalue weighted by Gasteiger charge is 2.40. The Balaban J connectivity index is 1.56. The Kier molecular flexibility index (Phi) is 3.70. The molecule has 5 heteroatoms. The lowest BCUT2D eigenvalue weighted by atomic mass is 9.98. The fourth-order valence-electron chi connectivity index (χ4n) is 2.99. The van der Waals surface area contributed by atoms with Gasteiger partial charge in [0, 0.05) is 12.6 Å². The summed E-state index contributed by atoms with van der Waals surface area (Å²) in [5.74, 6) is 1.95. The smallest absolute Gasteiger partial charge is 0.272 e. The van der Waals surface area contributed by atoms with Gasteiger partial charge < -0.3 is 5.32 Å². The highest BCUT2D eigenvalue weighted by molar-refractivity contribution is 5.35. The number of benzene rings is 1. The lowest BCUT2D eigenvalue weighted by molar-refractivity contribution is -0.385. The number of rotatable bonds is 7. The minimum Gasteiger partial charge on any atom is -0.312 e. The molecule has 2 fully saturated rings. The first-order valence-corrected chi connectivity index (χ1v) is 7.28. The Bertz CT molecular complexity index is 501. The van der Waals surface area contributed by atoms with Crippen LogP contribution in [0.15, 0.2) is 18.2 Å². The first-order valence-electron chi connectivity index (χ1n) is 7.28. The van der Waals surface area contributed by atoms with Crippen LogP contribution < -0.4 is 5.32 Å². The van der Waals surface area contributed by atoms with Crippen LogP contribution in [0.5, 0.6) is 0 Å². The maximum Gasteiger partial charge on any atom is 0.272 e. The predicted molar refractivity (Wildman–Crippen MR) is 73.7 cm³/mol. The number of halogens is 1. The van der Waals surface area contributed by atoms with E-state index in [2.05, 4.69) is 5.32 Å². The molecule has 0 radical (unpaired) electrons. The van der Waals surface area contributed by atoms with Crippen molar-refractivity contribution in [2.24, 2.45) is 17.8 Å². The molecule has 0 bridgehead atoms. The molecule has 1 aromatic rings. The summed E-state index contributed by atoms with van der Waals surface area (Å²) in [6.45, 7) is 1.44. The number of nitro groups is 1. The number of nitro benzene ring substituents is 1. The molecule has 20 heavy (non-hydrogen) atoms. The van der Waals surface area contributed by atoms with Crippen LogP contribution in [0.1, 0.15) is 31.2 Å². The molecular formula is C15H19FN2O2. The Hall–Kier alpha value is -1.49. The molecule has 108 valence electrons. The van der Waals surface area contributed by atoms with Gasteiger partial charge in [-0.1, -0.05) is 0 Å². The van der Waals surface area contributed by atoms with Gasteiger partial charge in [-0.25, -0.2) is 4.39 Å². The number of hydrogen-bond acceptors (Lipinski definition) is 3. The van der Waals surface area contributed by atoms with Crippen molar-refractivity contribution in [1.29, 1.82) is 0 Å². The number of non-ortho nitro benzene ring substituents is 1. The average molecular weight is 278 g/mol. The summed E-state index contributed by atoms with van der Waals surface area (Å²) in [6, 6.07) is 3.77. The fourth-order valence-corrected chi connectivity index (χ4v) is 2.99. The van der Waals surface area contributed by atoms with Crippen molar-refractivity contribution in [2.45, 2.75) is 32.2 Å². The monoisotopic (exact) mass is 278 g/mol. The standard InChI is InChI=1S/C15H19FN2O2/c16-13-5-10(6-14(7-13)18(19)20)8-17-9-15(11-1-2-11)12-3-4-12/h5-7,11-12,15,17H,1-4,8-9H2. The summed E-state index contributed by atoms with van der Waals surface area (Å²) in [7, 11) is 0. The summed E-state index contributed by atoms with van der Waals surface area (Å²) >= 11 is 0. The second-order valence-electron chi connectivity index (χ2n) is 6.04. The van der Waals surface area contributed by atoms with Crippen LogP contribution in [0.3, 0.4) is 0 Å². The van der Waals surface area contributed by atoms with Crippen LogP contribution in [-0.2, 0) is 6.54 Å². The molecule has 4 nitrogen and oxygen atoms in total. The van der Waals surface area contributed by atoms with Gasteiger partial charge in [0.05, 0.1) is 11.0 Å². The molecule has 3 rings (SSSR count). The molecule has 2 aliphatic rings. The van der Waals surface area contributed by atoms with Crippen LogP contribution in [0.25, 0.3) is 0 Å². The number of hydrogen-bond donors (Lipinski definition) is 1. The predicted octanol–water partition coefficient (Wildman–Crippen LogP) is 3.26. The van der Waals surface area contributed by atoms with Crippen molar-refractivity contribution in [3.63, 3.8) is 0 Å². The minimum absolute atomic E-state index is 0.178. The molecule has 1 aromatic carbocycles. The highest BCUT2D eigenvalue weighted by atomic mass is 19.1. The van der Waals surface area contributed by atoms with Crippen molar-refractivity contribution in [1.82, 2.24) is 5.32 Å². The van der Waals surface area contributed by atoms with Crippen molar-refractivity contribution in [2.75, 3.05) is 6.54 Å². The molecule has 0 unspecified atom stereocenters. The summed E-state index contributed by atoms with van der Waals surface area (Å²) in [4.78, 5) is 10.1. The summed E-state index contributed by atoms with van der Waals surface area (Å²) in [5, 5.41) is 14.0. The van der Waals surface area contributed by atoms with Gasteiger partial charge in [0.2, 0.25) is 0 Å². The van der Waals surface area contributed by atoms with Gasteiger partial charge in [0.15, 0.2) is 0 Å². The van der Waals surface area contributed by atoms with Crippen molar-refractivity contribution >= 4 is 5.69 Å². The van der Waals surface area contributed by atoms with Gasteiger partial charge in [-0.3, -0.25) is 10.1 Å². The fraction of sp³-hybridized carbons (Fsp3) is 0.600. The zero-order valence-corrected chi connectivity index (χ0v) is 11.3. The summed E-state index contributed by atoms with van der Waals surface area (Å²) < 4.78 is 13.3. The van der Waals surface area contributed by atoms with Crippen molar-refractivity contribution in [3.8, 4) is 0 Å². The van der Waals surface area contributed by atoms with Crippen LogP contribution in [0, 0.1) is 33.7 Å². The zero-order valence-electron chi connectivity index (χ0n) is 11.3. The Labute approximate surface area is 117 Å². The lowest BCUT2D eigenvalue weighted by Gasteiger charge is -2.16. The van der Waals surface area contributed by atoms with E-state index < -0.39 is 10.7 Å². The summed E-state index contributed by atoms with van der Waals surface area (Å²) in [5.41, 5.74) is 0.463. The third-order valence-corrected chi connectivity index (χ3v) is 4.32. The second-order valence-corrected chi connectivity index (χ2v) is 6.04. The minimum atomic E-state index is -0.552. The normalized spacial score (nSPS) is 18.5. The van der Waals surface area contributed by atoms with E-state index in [0.717, 1.165) is 30.4 Å². The largest absolute Gasteiger partial charge is 0.312 e. The maximum absolute atomic E-state index is 13.3. The third kappa shape index (κ3) is 3.33. The van der Waals surface area contributed by atoms with E-state index in [0.29, 0.717) is 12.1 Å². The molecule has 2 saturated carbocycles. The zero-order chi connectivity index (χ0) is 14.1. The van der Waals surface area contributed by atoms with Gasteiger partial charge >= 0.3 is 0 Å². The number of nitrogens with zero attached hydrogens (tertiary/aromatic N) is 1. The van der Waals surface area contributed by atoms with Crippen LogP contribution in [0.4, 0.5) is 10.1 Å². The Morgan fingerprint density at radius 1 is 1.25 bits per heavy atom. The van der Waals surface area contributed by atoms with Crippen LogP contribution in [-0.4, -0.2) is 11.5 Å². The average Bonchev–Trinajstić information content (AvgIpc) is 3.26. The van der Waals surface area contributed by atoms with E-state index in [9.17, 15) is 14.5 Å². The van der Waals surface area contributed by atoms with Gasteiger partial charge in [-0.15, -0.1) is 0 Å². The highest BCUT2D eigenvalue weighted by Crippen LogP contribution is 2.48. The maximum atomic E-state index is 13.3. The quantitative estimate of drug-likeness (QED) is 0.615. The molecule has 0 heterocycles. The molecule has 0 amide bonds. The topological polar surface area (TPSA) is 55.2 Å².